The normalized spacial score (nSPS) is 12.0. The smallest absolute Gasteiger partial charge is 0.182 e. The fourth-order valence-electron chi connectivity index (χ4n) is 1.53. The molecule has 0 amide bonds. The highest BCUT2D eigenvalue weighted by atomic mass is 15.1. The molecule has 0 saturated heterocycles. The minimum Gasteiger partial charge on any atom is -0.364 e. The van der Waals surface area contributed by atoms with Gasteiger partial charge in [0, 0.05) is 6.54 Å². The number of allylic oxidation sites excluding steroid dienone is 1. The van der Waals surface area contributed by atoms with Gasteiger partial charge < -0.3 is 10.3 Å². The average Bonchev–Trinajstić information content (AvgIpc) is 2.79. The summed E-state index contributed by atoms with van der Waals surface area (Å²) in [6.45, 7) is 4.99. The van der Waals surface area contributed by atoms with Gasteiger partial charge in [-0.15, -0.1) is 0 Å². The first-order chi connectivity index (χ1) is 7.85. The molecule has 5 nitrogen and oxygen atoms in total. The third-order valence-corrected chi connectivity index (χ3v) is 2.57. The Morgan fingerprint density at radius 2 is 2.31 bits per heavy atom. The van der Waals surface area contributed by atoms with E-state index in [4.69, 9.17) is 0 Å². The summed E-state index contributed by atoms with van der Waals surface area (Å²) in [6.07, 6.45) is 6.31. The van der Waals surface area contributed by atoms with Crippen LogP contribution < -0.4 is 5.32 Å². The Morgan fingerprint density at radius 1 is 1.44 bits per heavy atom. The SMILES string of the molecule is C/C=C(\CC)CNc1ncnc2nc[nH]c12. The number of fused-ring (bicyclic) bond motifs is 1. The lowest BCUT2D eigenvalue weighted by Gasteiger charge is -2.07. The number of nitrogens with one attached hydrogen (secondary N) is 2. The molecule has 0 fully saturated rings. The minimum absolute atomic E-state index is 0.691. The molecule has 16 heavy (non-hydrogen) atoms. The summed E-state index contributed by atoms with van der Waals surface area (Å²) in [5.41, 5.74) is 2.90. The molecular formula is C11H15N5. The van der Waals surface area contributed by atoms with Crippen molar-refractivity contribution in [3.8, 4) is 0 Å². The van der Waals surface area contributed by atoms with Gasteiger partial charge in [0.1, 0.15) is 11.8 Å². The predicted molar refractivity (Wildman–Crippen MR) is 64.2 cm³/mol. The van der Waals surface area contributed by atoms with E-state index in [0.29, 0.717) is 5.65 Å². The molecule has 2 heterocycles. The van der Waals surface area contributed by atoms with Crippen LogP contribution in [0.15, 0.2) is 24.3 Å². The third-order valence-electron chi connectivity index (χ3n) is 2.57. The first kappa shape index (κ1) is 10.6. The van der Waals surface area contributed by atoms with Crippen LogP contribution in [0.5, 0.6) is 0 Å². The van der Waals surface area contributed by atoms with Crippen LogP contribution in [-0.4, -0.2) is 26.5 Å². The fourth-order valence-corrected chi connectivity index (χ4v) is 1.53. The van der Waals surface area contributed by atoms with Gasteiger partial charge in [-0.1, -0.05) is 18.6 Å². The first-order valence-electron chi connectivity index (χ1n) is 5.37. The molecule has 0 bridgehead atoms. The van der Waals surface area contributed by atoms with E-state index in [1.807, 2.05) is 6.92 Å². The molecule has 2 aromatic heterocycles. The lowest BCUT2D eigenvalue weighted by molar-refractivity contribution is 1.02. The van der Waals surface area contributed by atoms with Crippen LogP contribution in [-0.2, 0) is 0 Å². The van der Waals surface area contributed by atoms with E-state index in [0.717, 1.165) is 24.3 Å². The van der Waals surface area contributed by atoms with E-state index in [1.165, 1.54) is 11.9 Å². The molecule has 0 radical (unpaired) electrons. The summed E-state index contributed by atoms with van der Waals surface area (Å²) in [5.74, 6) is 0.801. The van der Waals surface area contributed by atoms with Gasteiger partial charge in [-0.25, -0.2) is 15.0 Å². The maximum Gasteiger partial charge on any atom is 0.182 e. The summed E-state index contributed by atoms with van der Waals surface area (Å²) < 4.78 is 0. The van der Waals surface area contributed by atoms with E-state index in [2.05, 4.69) is 38.3 Å². The van der Waals surface area contributed by atoms with Crippen molar-refractivity contribution in [1.82, 2.24) is 19.9 Å². The molecule has 0 aromatic carbocycles. The van der Waals surface area contributed by atoms with Crippen LogP contribution >= 0.6 is 0 Å². The monoisotopic (exact) mass is 217 g/mol. The van der Waals surface area contributed by atoms with Crippen LogP contribution in [0.2, 0.25) is 0 Å². The van der Waals surface area contributed by atoms with Gasteiger partial charge in [-0.05, 0) is 13.3 Å². The molecule has 2 rings (SSSR count). The molecule has 0 saturated carbocycles. The summed E-state index contributed by atoms with van der Waals surface area (Å²) in [7, 11) is 0. The number of nitrogens with zero attached hydrogens (tertiary/aromatic N) is 3. The number of hydrogen-bond donors (Lipinski definition) is 2. The van der Waals surface area contributed by atoms with Crippen LogP contribution in [0.4, 0.5) is 5.82 Å². The van der Waals surface area contributed by atoms with Crippen LogP contribution in [0.25, 0.3) is 11.2 Å². The van der Waals surface area contributed by atoms with Crippen molar-refractivity contribution >= 4 is 17.0 Å². The van der Waals surface area contributed by atoms with Gasteiger partial charge in [-0.2, -0.15) is 0 Å². The lowest BCUT2D eigenvalue weighted by Crippen LogP contribution is -2.06. The number of anilines is 1. The Morgan fingerprint density at radius 3 is 3.06 bits per heavy atom. The molecule has 2 aromatic rings. The van der Waals surface area contributed by atoms with Gasteiger partial charge in [0.2, 0.25) is 0 Å². The van der Waals surface area contributed by atoms with E-state index >= 15 is 0 Å². The molecule has 84 valence electrons. The summed E-state index contributed by atoms with van der Waals surface area (Å²) in [4.78, 5) is 15.4. The average molecular weight is 217 g/mol. The second-order valence-electron chi connectivity index (χ2n) is 3.48. The number of H-pyrrole nitrogens is 1. The fraction of sp³-hybridized carbons (Fsp3) is 0.364. The highest BCUT2D eigenvalue weighted by molar-refractivity contribution is 5.81. The highest BCUT2D eigenvalue weighted by Gasteiger charge is 2.04. The van der Waals surface area contributed by atoms with Crippen molar-refractivity contribution in [2.75, 3.05) is 11.9 Å². The summed E-state index contributed by atoms with van der Waals surface area (Å²) >= 11 is 0. The maximum absolute atomic E-state index is 4.20. The summed E-state index contributed by atoms with van der Waals surface area (Å²) in [5, 5.41) is 3.29. The van der Waals surface area contributed by atoms with Crippen molar-refractivity contribution in [2.45, 2.75) is 20.3 Å². The molecule has 0 unspecified atom stereocenters. The van der Waals surface area contributed by atoms with E-state index in [-0.39, 0.29) is 0 Å². The van der Waals surface area contributed by atoms with Crippen molar-refractivity contribution in [3.63, 3.8) is 0 Å². The van der Waals surface area contributed by atoms with Gasteiger partial charge >= 0.3 is 0 Å². The second kappa shape index (κ2) is 4.74. The minimum atomic E-state index is 0.691. The lowest BCUT2D eigenvalue weighted by atomic mass is 10.2. The molecule has 0 aliphatic heterocycles. The Hall–Kier alpha value is -1.91. The van der Waals surface area contributed by atoms with Gasteiger partial charge in [0.05, 0.1) is 6.33 Å². The second-order valence-corrected chi connectivity index (χ2v) is 3.48. The number of aromatic nitrogens is 4. The number of imidazole rings is 1. The molecule has 0 aliphatic carbocycles. The van der Waals surface area contributed by atoms with Gasteiger partial charge in [0.25, 0.3) is 0 Å². The van der Waals surface area contributed by atoms with Crippen LogP contribution in [0.1, 0.15) is 20.3 Å². The molecule has 2 N–H and O–H groups in total. The summed E-state index contributed by atoms with van der Waals surface area (Å²) in [6, 6.07) is 0. The Kier molecular flexibility index (Phi) is 3.14. The Bertz CT molecular complexity index is 500. The molecule has 5 heteroatoms. The Balaban J connectivity index is 2.18. The van der Waals surface area contributed by atoms with Crippen molar-refractivity contribution < 1.29 is 0 Å². The van der Waals surface area contributed by atoms with Gasteiger partial charge in [-0.3, -0.25) is 0 Å². The quantitative estimate of drug-likeness (QED) is 0.770. The predicted octanol–water partition coefficient (Wildman–Crippen LogP) is 2.12. The maximum atomic E-state index is 4.20. The van der Waals surface area contributed by atoms with Crippen molar-refractivity contribution in [3.05, 3.63) is 24.3 Å². The zero-order valence-corrected chi connectivity index (χ0v) is 9.49. The topological polar surface area (TPSA) is 66.5 Å². The van der Waals surface area contributed by atoms with Gasteiger partial charge in [0.15, 0.2) is 11.5 Å². The largest absolute Gasteiger partial charge is 0.364 e. The Labute approximate surface area is 94.0 Å². The zero-order valence-electron chi connectivity index (χ0n) is 9.49. The van der Waals surface area contributed by atoms with E-state index < -0.39 is 0 Å². The number of hydrogen-bond acceptors (Lipinski definition) is 4. The number of aromatic amines is 1. The molecule has 0 spiro atoms. The van der Waals surface area contributed by atoms with E-state index in [1.54, 1.807) is 6.33 Å². The molecule has 0 aliphatic rings. The van der Waals surface area contributed by atoms with E-state index in [9.17, 15) is 0 Å². The standard InChI is InChI=1S/C11H15N5/c1-3-8(4-2)5-12-10-9-11(14-6-13-9)16-7-15-10/h3,6-7H,4-5H2,1-2H3,(H2,12,13,14,15,16)/b8-3+. The van der Waals surface area contributed by atoms with Crippen molar-refractivity contribution in [2.24, 2.45) is 0 Å². The molecular weight excluding hydrogens is 202 g/mol. The third kappa shape index (κ3) is 2.03. The van der Waals surface area contributed by atoms with Crippen molar-refractivity contribution in [1.29, 1.82) is 0 Å². The molecule has 0 atom stereocenters. The first-order valence-corrected chi connectivity index (χ1v) is 5.37. The van der Waals surface area contributed by atoms with Crippen LogP contribution in [0.3, 0.4) is 0 Å². The van der Waals surface area contributed by atoms with Crippen LogP contribution in [0, 0.1) is 0 Å². The zero-order chi connectivity index (χ0) is 11.4. The highest BCUT2D eigenvalue weighted by Crippen LogP contribution is 2.14. The number of rotatable bonds is 4.